The average Bonchev–Trinajstić information content (AvgIpc) is 3.19. The smallest absolute Gasteiger partial charge is 0.181 e. The van der Waals surface area contributed by atoms with Crippen molar-refractivity contribution >= 4 is 11.8 Å². The van der Waals surface area contributed by atoms with Crippen LogP contribution in [-0.4, -0.2) is 20.2 Å². The molecule has 0 saturated heterocycles. The summed E-state index contributed by atoms with van der Waals surface area (Å²) >= 11 is 0. The number of hydrogen-bond donors (Lipinski definition) is 1. The zero-order chi connectivity index (χ0) is 19.3. The standard InChI is InChI=1S/C21H15F2N5/c22-17-8-11-20(19(23)14-17)24-13-12-21-25-26-27-28(21)18-9-6-16(7-10-18)15-4-2-1-3-5-15/h1-14,24H/b13-12-. The van der Waals surface area contributed by atoms with Crippen molar-refractivity contribution in [3.05, 3.63) is 96.5 Å². The Labute approximate surface area is 160 Å². The summed E-state index contributed by atoms with van der Waals surface area (Å²) in [6.07, 6.45) is 3.10. The van der Waals surface area contributed by atoms with E-state index in [1.165, 1.54) is 18.3 Å². The lowest BCUT2D eigenvalue weighted by molar-refractivity contribution is 0.586. The van der Waals surface area contributed by atoms with Gasteiger partial charge in [0.25, 0.3) is 0 Å². The largest absolute Gasteiger partial charge is 0.359 e. The van der Waals surface area contributed by atoms with Crippen LogP contribution in [0.15, 0.2) is 79.0 Å². The number of aromatic nitrogens is 4. The van der Waals surface area contributed by atoms with Gasteiger partial charge in [-0.2, -0.15) is 4.68 Å². The van der Waals surface area contributed by atoms with Crippen molar-refractivity contribution in [3.63, 3.8) is 0 Å². The number of halogens is 2. The van der Waals surface area contributed by atoms with Gasteiger partial charge in [-0.05, 0) is 45.8 Å². The Morgan fingerprint density at radius 3 is 2.36 bits per heavy atom. The van der Waals surface area contributed by atoms with E-state index in [9.17, 15) is 8.78 Å². The fourth-order valence-electron chi connectivity index (χ4n) is 2.72. The first kappa shape index (κ1) is 17.5. The lowest BCUT2D eigenvalue weighted by Crippen LogP contribution is -2.00. The predicted octanol–water partition coefficient (Wildman–Crippen LogP) is 4.69. The first-order chi connectivity index (χ1) is 13.7. The zero-order valence-corrected chi connectivity index (χ0v) is 14.6. The fraction of sp³-hybridized carbons (Fsp3) is 0. The number of nitrogens with one attached hydrogen (secondary N) is 1. The molecule has 0 aliphatic rings. The summed E-state index contributed by atoms with van der Waals surface area (Å²) in [4.78, 5) is 0. The molecule has 138 valence electrons. The molecule has 28 heavy (non-hydrogen) atoms. The van der Waals surface area contributed by atoms with Crippen molar-refractivity contribution in [2.24, 2.45) is 0 Å². The maximum atomic E-state index is 13.7. The highest BCUT2D eigenvalue weighted by Gasteiger charge is 2.06. The summed E-state index contributed by atoms with van der Waals surface area (Å²) in [6.45, 7) is 0. The predicted molar refractivity (Wildman–Crippen MR) is 104 cm³/mol. The van der Waals surface area contributed by atoms with E-state index in [0.717, 1.165) is 22.9 Å². The number of hydrogen-bond acceptors (Lipinski definition) is 4. The van der Waals surface area contributed by atoms with Crippen LogP contribution in [0.5, 0.6) is 0 Å². The Balaban J connectivity index is 1.52. The van der Waals surface area contributed by atoms with Gasteiger partial charge in [0.15, 0.2) is 5.82 Å². The third-order valence-corrected chi connectivity index (χ3v) is 4.11. The Bertz CT molecular complexity index is 1110. The molecule has 0 bridgehead atoms. The second-order valence-corrected chi connectivity index (χ2v) is 5.96. The van der Waals surface area contributed by atoms with Gasteiger partial charge < -0.3 is 5.32 Å². The van der Waals surface area contributed by atoms with Gasteiger partial charge in [-0.3, -0.25) is 0 Å². The van der Waals surface area contributed by atoms with E-state index in [1.54, 1.807) is 10.8 Å². The normalized spacial score (nSPS) is 11.1. The first-order valence-electron chi connectivity index (χ1n) is 8.53. The van der Waals surface area contributed by atoms with Crippen molar-refractivity contribution in [3.8, 4) is 16.8 Å². The SMILES string of the molecule is Fc1ccc(N/C=C\c2nnnn2-c2ccc(-c3ccccc3)cc2)c(F)c1. The summed E-state index contributed by atoms with van der Waals surface area (Å²) in [7, 11) is 0. The molecule has 4 rings (SSSR count). The number of rotatable bonds is 5. The van der Waals surface area contributed by atoms with E-state index in [2.05, 4.69) is 20.8 Å². The minimum Gasteiger partial charge on any atom is -0.359 e. The molecule has 0 aliphatic heterocycles. The Kier molecular flexibility index (Phi) is 4.88. The van der Waals surface area contributed by atoms with Crippen LogP contribution in [0.1, 0.15) is 5.82 Å². The quantitative estimate of drug-likeness (QED) is 0.550. The van der Waals surface area contributed by atoms with Crippen LogP contribution in [-0.2, 0) is 0 Å². The Morgan fingerprint density at radius 1 is 0.857 bits per heavy atom. The van der Waals surface area contributed by atoms with E-state index in [0.29, 0.717) is 5.82 Å². The van der Waals surface area contributed by atoms with Gasteiger partial charge >= 0.3 is 0 Å². The highest BCUT2D eigenvalue weighted by molar-refractivity contribution is 5.64. The van der Waals surface area contributed by atoms with Crippen LogP contribution in [0.3, 0.4) is 0 Å². The van der Waals surface area contributed by atoms with Crippen LogP contribution in [0.4, 0.5) is 14.5 Å². The van der Waals surface area contributed by atoms with Gasteiger partial charge in [-0.25, -0.2) is 8.78 Å². The molecular weight excluding hydrogens is 360 g/mol. The molecule has 0 fully saturated rings. The Hall–Kier alpha value is -3.87. The van der Waals surface area contributed by atoms with Crippen molar-refractivity contribution in [2.45, 2.75) is 0 Å². The van der Waals surface area contributed by atoms with Crippen LogP contribution >= 0.6 is 0 Å². The van der Waals surface area contributed by atoms with Crippen molar-refractivity contribution in [1.82, 2.24) is 20.2 Å². The molecule has 0 radical (unpaired) electrons. The number of anilines is 1. The molecule has 0 saturated carbocycles. The van der Waals surface area contributed by atoms with Gasteiger partial charge in [0.1, 0.15) is 11.6 Å². The van der Waals surface area contributed by atoms with Crippen LogP contribution in [0, 0.1) is 11.6 Å². The van der Waals surface area contributed by atoms with E-state index in [4.69, 9.17) is 0 Å². The van der Waals surface area contributed by atoms with Gasteiger partial charge in [-0.15, -0.1) is 5.10 Å². The topological polar surface area (TPSA) is 55.6 Å². The number of nitrogens with zero attached hydrogens (tertiary/aromatic N) is 4. The van der Waals surface area contributed by atoms with Gasteiger partial charge in [0.2, 0.25) is 0 Å². The number of benzene rings is 3. The molecule has 0 spiro atoms. The summed E-state index contributed by atoms with van der Waals surface area (Å²) in [5.41, 5.74) is 3.15. The van der Waals surface area contributed by atoms with Crippen molar-refractivity contribution in [1.29, 1.82) is 0 Å². The molecular formula is C21H15F2N5. The van der Waals surface area contributed by atoms with E-state index >= 15 is 0 Å². The molecule has 1 heterocycles. The molecule has 3 aromatic carbocycles. The molecule has 7 heteroatoms. The summed E-state index contributed by atoms with van der Waals surface area (Å²) in [6, 6.07) is 21.2. The van der Waals surface area contributed by atoms with Gasteiger partial charge in [0.05, 0.1) is 11.4 Å². The third kappa shape index (κ3) is 3.78. The summed E-state index contributed by atoms with van der Waals surface area (Å²) in [5.74, 6) is -0.849. The molecule has 1 aromatic heterocycles. The maximum Gasteiger partial charge on any atom is 0.181 e. The lowest BCUT2D eigenvalue weighted by atomic mass is 10.1. The second-order valence-electron chi connectivity index (χ2n) is 5.96. The summed E-state index contributed by atoms with van der Waals surface area (Å²) < 4.78 is 28.2. The molecule has 0 aliphatic carbocycles. The second kappa shape index (κ2) is 7.79. The molecule has 4 aromatic rings. The summed E-state index contributed by atoms with van der Waals surface area (Å²) in [5, 5.41) is 14.4. The Morgan fingerprint density at radius 2 is 1.61 bits per heavy atom. The lowest BCUT2D eigenvalue weighted by Gasteiger charge is -2.05. The average molecular weight is 375 g/mol. The first-order valence-corrected chi connectivity index (χ1v) is 8.53. The molecule has 0 atom stereocenters. The third-order valence-electron chi connectivity index (χ3n) is 4.11. The molecule has 5 nitrogen and oxygen atoms in total. The highest BCUT2D eigenvalue weighted by atomic mass is 19.1. The minimum atomic E-state index is -0.680. The van der Waals surface area contributed by atoms with Gasteiger partial charge in [-0.1, -0.05) is 42.5 Å². The fourth-order valence-corrected chi connectivity index (χ4v) is 2.72. The van der Waals surface area contributed by atoms with E-state index in [1.807, 2.05) is 54.6 Å². The maximum absolute atomic E-state index is 13.7. The van der Waals surface area contributed by atoms with Crippen molar-refractivity contribution in [2.75, 3.05) is 5.32 Å². The van der Waals surface area contributed by atoms with E-state index < -0.39 is 11.6 Å². The highest BCUT2D eigenvalue weighted by Crippen LogP contribution is 2.21. The zero-order valence-electron chi connectivity index (χ0n) is 14.6. The van der Waals surface area contributed by atoms with E-state index in [-0.39, 0.29) is 5.69 Å². The minimum absolute atomic E-state index is 0.156. The van der Waals surface area contributed by atoms with Crippen molar-refractivity contribution < 1.29 is 8.78 Å². The molecule has 0 unspecified atom stereocenters. The van der Waals surface area contributed by atoms with Crippen LogP contribution < -0.4 is 5.32 Å². The molecule has 1 N–H and O–H groups in total. The van der Waals surface area contributed by atoms with Crippen LogP contribution in [0.25, 0.3) is 22.9 Å². The number of tetrazole rings is 1. The van der Waals surface area contributed by atoms with Gasteiger partial charge in [0, 0.05) is 18.3 Å². The van der Waals surface area contributed by atoms with Crippen LogP contribution in [0.2, 0.25) is 0 Å². The monoisotopic (exact) mass is 375 g/mol. The molecule has 0 amide bonds.